The Labute approximate surface area is 233 Å². The maximum absolute atomic E-state index is 3.27. The standard InChI is InChI=1S/C13H9.C9H7S.C8H8.2ClH.Zr/c1-3-7-12-10(5-1)9-11-6-2-4-8-13(11)12;1-2-4-8(3-1)9-5-6-10-7-9;1-2-8-6-4-3-5-7-8;;;/h1-9H;1,3,5-7H,2H2;1,3-7H,2H2;2*1H;/q2*-1;;;;+2/p-2. The molecule has 4 heteroatoms. The molecule has 1 aliphatic rings. The molecule has 1 aliphatic carbocycles. The fourth-order valence-corrected chi connectivity index (χ4v) is 4.89. The number of rotatable bonds is 3. The Kier molecular flexibility index (Phi) is 12.6. The van der Waals surface area contributed by atoms with Gasteiger partial charge in [-0.1, -0.05) is 54.3 Å². The van der Waals surface area contributed by atoms with Crippen molar-refractivity contribution >= 4 is 42.2 Å². The van der Waals surface area contributed by atoms with Gasteiger partial charge in [0.25, 0.3) is 0 Å². The van der Waals surface area contributed by atoms with Gasteiger partial charge < -0.3 is 24.8 Å². The molecule has 5 aromatic rings. The largest absolute Gasteiger partial charge is 0.126 e. The van der Waals surface area contributed by atoms with Crippen LogP contribution in [0, 0.1) is 6.08 Å². The molecule has 170 valence electrons. The smallest absolute Gasteiger partial charge is 0.0771 e. The molecule has 1 aromatic heterocycles. The Morgan fingerprint density at radius 1 is 0.824 bits per heavy atom. The van der Waals surface area contributed by atoms with Gasteiger partial charge in [0.1, 0.15) is 0 Å². The van der Waals surface area contributed by atoms with Crippen molar-refractivity contribution in [2.75, 3.05) is 0 Å². The van der Waals surface area contributed by atoms with Gasteiger partial charge in [-0.15, -0.1) is 51.4 Å². The molecule has 0 spiro atoms. The first-order chi connectivity index (χ1) is 15.8. The van der Waals surface area contributed by atoms with Gasteiger partial charge in [-0.3, -0.25) is 0 Å². The van der Waals surface area contributed by atoms with E-state index >= 15 is 0 Å². The predicted molar refractivity (Wildman–Crippen MR) is 138 cm³/mol. The maximum Gasteiger partial charge on any atom is -0.0771 e. The molecule has 34 heavy (non-hydrogen) atoms. The minimum absolute atomic E-state index is 0. The fourth-order valence-electron chi connectivity index (χ4n) is 3.66. The molecule has 0 bridgehead atoms. The van der Waals surface area contributed by atoms with E-state index in [4.69, 9.17) is 0 Å². The van der Waals surface area contributed by atoms with E-state index in [-0.39, 0.29) is 24.8 Å². The average molecular weight is 579 g/mol. The predicted octanol–water partition coefficient (Wildman–Crippen LogP) is 2.19. The number of thiophene rings is 1. The summed E-state index contributed by atoms with van der Waals surface area (Å²) < 4.78 is 2.25. The van der Waals surface area contributed by atoms with Gasteiger partial charge >= 0.3 is 70.3 Å². The summed E-state index contributed by atoms with van der Waals surface area (Å²) in [5.41, 5.74) is 3.97. The van der Waals surface area contributed by atoms with Crippen molar-refractivity contribution in [2.45, 2.75) is 12.8 Å². The van der Waals surface area contributed by atoms with Crippen LogP contribution in [0.2, 0.25) is 0 Å². The van der Waals surface area contributed by atoms with Crippen molar-refractivity contribution in [3.8, 4) is 0 Å². The molecule has 0 atom stereocenters. The zero-order valence-corrected chi connectivity index (χ0v) is 23.4. The van der Waals surface area contributed by atoms with Crippen molar-refractivity contribution in [2.24, 2.45) is 0 Å². The normalized spacial score (nSPS) is 11.3. The van der Waals surface area contributed by atoms with Crippen LogP contribution in [0.1, 0.15) is 17.5 Å². The quantitative estimate of drug-likeness (QED) is 0.288. The van der Waals surface area contributed by atoms with E-state index in [1.54, 1.807) is 11.3 Å². The zero-order valence-electron chi connectivity index (χ0n) is 18.6. The molecule has 0 amide bonds. The second-order valence-corrected chi connectivity index (χ2v) is 9.21. The first-order valence-corrected chi connectivity index (χ1v) is 13.1. The molecule has 0 nitrogen and oxygen atoms in total. The number of allylic oxidation sites excluding steroid dienone is 4. The van der Waals surface area contributed by atoms with E-state index in [1.807, 2.05) is 6.07 Å². The van der Waals surface area contributed by atoms with E-state index in [9.17, 15) is 0 Å². The average Bonchev–Trinajstić information content (AvgIpc) is 3.61. The third-order valence-corrected chi connectivity index (χ3v) is 6.42. The van der Waals surface area contributed by atoms with Crippen molar-refractivity contribution in [1.29, 1.82) is 0 Å². The molecular weight excluding hydrogens is 555 g/mol. The van der Waals surface area contributed by atoms with Crippen LogP contribution in [0.15, 0.2) is 114 Å². The van der Waals surface area contributed by atoms with E-state index < -0.39 is 0 Å². The van der Waals surface area contributed by atoms with E-state index in [2.05, 4.69) is 118 Å². The van der Waals surface area contributed by atoms with Crippen LogP contribution in [-0.4, -0.2) is 3.71 Å². The van der Waals surface area contributed by atoms with Gasteiger partial charge in [0.05, 0.1) is 0 Å². The second kappa shape index (κ2) is 15.1. The number of benzene rings is 3. The SMILES string of the molecule is [C-]1=C(c2ccsc2)C=CC1.[Cl-].[Cl-].[Zr+2]=[CH]Cc1ccccc1.c1ccc2c(c1)[cH-]c1ccccc12. The zero-order chi connectivity index (χ0) is 22.0. The first kappa shape index (κ1) is 28.3. The molecule has 0 radical (unpaired) electrons. The Hall–Kier alpha value is -1.96. The van der Waals surface area contributed by atoms with Crippen LogP contribution >= 0.6 is 11.3 Å². The number of halogens is 2. The molecule has 0 saturated heterocycles. The van der Waals surface area contributed by atoms with Gasteiger partial charge in [0.15, 0.2) is 0 Å². The summed E-state index contributed by atoms with van der Waals surface area (Å²) in [6.07, 6.45) is 9.63. The minimum Gasteiger partial charge on any atom is -0.126 e. The van der Waals surface area contributed by atoms with Gasteiger partial charge in [0.2, 0.25) is 0 Å². The Morgan fingerprint density at radius 3 is 1.97 bits per heavy atom. The summed E-state index contributed by atoms with van der Waals surface area (Å²) in [5.74, 6) is 0. The summed E-state index contributed by atoms with van der Waals surface area (Å²) in [4.78, 5) is 0. The van der Waals surface area contributed by atoms with E-state index in [0.717, 1.165) is 12.8 Å². The third-order valence-electron chi connectivity index (χ3n) is 5.23. The third kappa shape index (κ3) is 7.79. The summed E-state index contributed by atoms with van der Waals surface area (Å²) in [5, 5.41) is 9.64. The fraction of sp³-hybridized carbons (Fsp3) is 0.0667. The maximum atomic E-state index is 3.27. The molecule has 0 unspecified atom stereocenters. The van der Waals surface area contributed by atoms with Gasteiger partial charge in [-0.2, -0.15) is 29.1 Å². The number of hydrogen-bond donors (Lipinski definition) is 0. The molecule has 0 fully saturated rings. The van der Waals surface area contributed by atoms with Crippen molar-refractivity contribution in [3.05, 3.63) is 131 Å². The minimum atomic E-state index is 0. The second-order valence-electron chi connectivity index (χ2n) is 7.42. The van der Waals surface area contributed by atoms with Gasteiger partial charge in [-0.05, 0) is 5.38 Å². The van der Waals surface area contributed by atoms with Gasteiger partial charge in [0, 0.05) is 0 Å². The van der Waals surface area contributed by atoms with Gasteiger partial charge in [-0.25, -0.2) is 0 Å². The summed E-state index contributed by atoms with van der Waals surface area (Å²) in [6, 6.07) is 31.9. The van der Waals surface area contributed by atoms with Crippen LogP contribution in [-0.2, 0) is 30.7 Å². The van der Waals surface area contributed by atoms with E-state index in [0.29, 0.717) is 0 Å². The molecule has 0 N–H and O–H groups in total. The van der Waals surface area contributed by atoms with Crippen molar-refractivity contribution < 1.29 is 49.0 Å². The summed E-state index contributed by atoms with van der Waals surface area (Å²) >= 11 is 3.24. The first-order valence-electron chi connectivity index (χ1n) is 10.7. The van der Waals surface area contributed by atoms with Crippen LogP contribution in [0.3, 0.4) is 0 Å². The molecular formula is C30H24Cl2SZr-2. The number of hydrogen-bond acceptors (Lipinski definition) is 1. The number of fused-ring (bicyclic) bond motifs is 3. The Balaban J connectivity index is 0.000000179. The van der Waals surface area contributed by atoms with E-state index in [1.165, 1.54) is 62.5 Å². The molecule has 0 saturated carbocycles. The Bertz CT molecular complexity index is 1280. The van der Waals surface area contributed by atoms with Crippen molar-refractivity contribution in [3.63, 3.8) is 0 Å². The molecule has 4 aromatic carbocycles. The monoisotopic (exact) mass is 576 g/mol. The van der Waals surface area contributed by atoms with Crippen molar-refractivity contribution in [1.82, 2.24) is 0 Å². The molecule has 6 rings (SSSR count). The van der Waals surface area contributed by atoms with Crippen LogP contribution in [0.25, 0.3) is 27.1 Å². The summed E-state index contributed by atoms with van der Waals surface area (Å²) in [7, 11) is 0. The molecule has 1 heterocycles. The molecule has 0 aliphatic heterocycles. The van der Waals surface area contributed by atoms with Crippen LogP contribution < -0.4 is 24.8 Å². The van der Waals surface area contributed by atoms with Crippen LogP contribution in [0.5, 0.6) is 0 Å². The van der Waals surface area contributed by atoms with Crippen LogP contribution in [0.4, 0.5) is 0 Å². The topological polar surface area (TPSA) is 0 Å². The summed E-state index contributed by atoms with van der Waals surface area (Å²) in [6.45, 7) is 0. The Morgan fingerprint density at radius 2 is 1.44 bits per heavy atom.